The Hall–Kier alpha value is -2.66. The molecule has 0 aliphatic rings. The van der Waals surface area contributed by atoms with Gasteiger partial charge in [0, 0.05) is 6.08 Å². The number of para-hydroxylation sites is 1. The second-order valence-corrected chi connectivity index (χ2v) is 5.43. The van der Waals surface area contributed by atoms with Gasteiger partial charge in [-0.15, -0.1) is 0 Å². The molecule has 132 valence electrons. The summed E-state index contributed by atoms with van der Waals surface area (Å²) in [6.07, 6.45) is 3.08. The van der Waals surface area contributed by atoms with Gasteiger partial charge in [-0.1, -0.05) is 29.8 Å². The molecule has 0 saturated heterocycles. The van der Waals surface area contributed by atoms with E-state index in [0.29, 0.717) is 29.7 Å². The highest BCUT2D eigenvalue weighted by Gasteiger charge is 2.09. The predicted octanol–water partition coefficient (Wildman–Crippen LogP) is 3.57. The maximum Gasteiger partial charge on any atom is 0.244 e. The average Bonchev–Trinajstić information content (AvgIpc) is 2.64. The minimum atomic E-state index is -0.220. The summed E-state index contributed by atoms with van der Waals surface area (Å²) in [4.78, 5) is 11.8. The number of ether oxygens (including phenoxy) is 3. The molecule has 0 aromatic heterocycles. The third-order valence-electron chi connectivity index (χ3n) is 3.30. The van der Waals surface area contributed by atoms with Crippen molar-refractivity contribution in [2.75, 3.05) is 27.4 Å². The van der Waals surface area contributed by atoms with Gasteiger partial charge in [0.1, 0.15) is 12.4 Å². The topological polar surface area (TPSA) is 56.8 Å². The molecular weight excluding hydrogens is 342 g/mol. The summed E-state index contributed by atoms with van der Waals surface area (Å²) in [5.41, 5.74) is 0.735. The molecule has 0 radical (unpaired) electrons. The van der Waals surface area contributed by atoms with E-state index in [0.717, 1.165) is 11.3 Å². The number of hydrogen-bond acceptors (Lipinski definition) is 4. The zero-order valence-corrected chi connectivity index (χ0v) is 14.9. The average molecular weight is 362 g/mol. The van der Waals surface area contributed by atoms with E-state index in [4.69, 9.17) is 25.8 Å². The van der Waals surface area contributed by atoms with Gasteiger partial charge < -0.3 is 19.5 Å². The van der Waals surface area contributed by atoms with Crippen molar-refractivity contribution >= 4 is 23.6 Å². The van der Waals surface area contributed by atoms with Crippen molar-refractivity contribution < 1.29 is 19.0 Å². The Labute approximate surface area is 152 Å². The van der Waals surface area contributed by atoms with E-state index in [1.54, 1.807) is 18.2 Å². The van der Waals surface area contributed by atoms with Crippen molar-refractivity contribution in [3.63, 3.8) is 0 Å². The molecule has 2 aromatic carbocycles. The highest BCUT2D eigenvalue weighted by atomic mass is 35.5. The first-order valence-electron chi connectivity index (χ1n) is 7.69. The molecule has 1 N–H and O–H groups in total. The zero-order chi connectivity index (χ0) is 18.1. The van der Waals surface area contributed by atoms with Crippen LogP contribution in [0.2, 0.25) is 5.02 Å². The molecule has 0 heterocycles. The van der Waals surface area contributed by atoms with Crippen LogP contribution in [0.3, 0.4) is 0 Å². The number of benzene rings is 2. The smallest absolute Gasteiger partial charge is 0.244 e. The van der Waals surface area contributed by atoms with E-state index in [1.807, 2.05) is 30.3 Å². The number of carbonyl (C=O) groups excluding carboxylic acids is 1. The van der Waals surface area contributed by atoms with Crippen LogP contribution in [-0.4, -0.2) is 33.3 Å². The number of rotatable bonds is 8. The summed E-state index contributed by atoms with van der Waals surface area (Å²) in [6.45, 7) is 0.802. The van der Waals surface area contributed by atoms with Crippen molar-refractivity contribution in [2.45, 2.75) is 0 Å². The molecule has 0 atom stereocenters. The molecule has 2 aromatic rings. The van der Waals surface area contributed by atoms with Crippen LogP contribution < -0.4 is 19.5 Å². The molecule has 25 heavy (non-hydrogen) atoms. The van der Waals surface area contributed by atoms with Crippen LogP contribution in [0.5, 0.6) is 17.2 Å². The third-order valence-corrected chi connectivity index (χ3v) is 3.58. The second-order valence-electron chi connectivity index (χ2n) is 5.02. The summed E-state index contributed by atoms with van der Waals surface area (Å²) >= 11 is 6.13. The maximum absolute atomic E-state index is 11.8. The zero-order valence-electron chi connectivity index (χ0n) is 14.1. The lowest BCUT2D eigenvalue weighted by atomic mass is 10.2. The number of halogens is 1. The Bertz CT molecular complexity index is 732. The molecule has 2 rings (SSSR count). The van der Waals surface area contributed by atoms with Gasteiger partial charge >= 0.3 is 0 Å². The molecule has 0 spiro atoms. The van der Waals surface area contributed by atoms with E-state index in [1.165, 1.54) is 20.3 Å². The van der Waals surface area contributed by atoms with E-state index in [2.05, 4.69) is 5.32 Å². The van der Waals surface area contributed by atoms with E-state index in [-0.39, 0.29) is 5.91 Å². The van der Waals surface area contributed by atoms with E-state index in [9.17, 15) is 4.79 Å². The largest absolute Gasteiger partial charge is 0.493 e. The Balaban J connectivity index is 1.84. The maximum atomic E-state index is 11.8. The standard InChI is InChI=1S/C19H20ClNO4/c1-23-17-13-14(12-16(20)19(17)24-2)8-9-18(22)21-10-11-25-15-6-4-3-5-7-15/h3-9,12-13H,10-11H2,1-2H3,(H,21,22)/b9-8+. The van der Waals surface area contributed by atoms with Gasteiger partial charge in [-0.25, -0.2) is 0 Å². The van der Waals surface area contributed by atoms with E-state index >= 15 is 0 Å². The van der Waals surface area contributed by atoms with Crippen LogP contribution in [0, 0.1) is 0 Å². The Kier molecular flexibility index (Phi) is 7.16. The molecule has 1 amide bonds. The van der Waals surface area contributed by atoms with Crippen LogP contribution in [-0.2, 0) is 4.79 Å². The minimum absolute atomic E-state index is 0.220. The first-order chi connectivity index (χ1) is 12.1. The Morgan fingerprint density at radius 3 is 2.60 bits per heavy atom. The number of carbonyl (C=O) groups is 1. The number of hydrogen-bond donors (Lipinski definition) is 1. The molecule has 0 aliphatic carbocycles. The highest BCUT2D eigenvalue weighted by Crippen LogP contribution is 2.36. The molecule has 0 fully saturated rings. The minimum Gasteiger partial charge on any atom is -0.493 e. The van der Waals surface area contributed by atoms with Crippen molar-refractivity contribution in [3.8, 4) is 17.2 Å². The third kappa shape index (κ3) is 5.72. The van der Waals surface area contributed by atoms with E-state index < -0.39 is 0 Å². The van der Waals surface area contributed by atoms with Crippen molar-refractivity contribution in [1.82, 2.24) is 5.32 Å². The van der Waals surface area contributed by atoms with Gasteiger partial charge in [-0.05, 0) is 35.9 Å². The first-order valence-corrected chi connectivity index (χ1v) is 8.07. The Morgan fingerprint density at radius 1 is 1.16 bits per heavy atom. The summed E-state index contributed by atoms with van der Waals surface area (Å²) < 4.78 is 15.9. The summed E-state index contributed by atoms with van der Waals surface area (Å²) in [5.74, 6) is 1.52. The lowest BCUT2D eigenvalue weighted by molar-refractivity contribution is -0.116. The Morgan fingerprint density at radius 2 is 1.92 bits per heavy atom. The molecule has 0 bridgehead atoms. The van der Waals surface area contributed by atoms with Gasteiger partial charge in [0.05, 0.1) is 25.8 Å². The monoisotopic (exact) mass is 361 g/mol. The molecule has 0 saturated carbocycles. The van der Waals surface area contributed by atoms with Gasteiger partial charge in [0.25, 0.3) is 0 Å². The lowest BCUT2D eigenvalue weighted by Gasteiger charge is -2.10. The van der Waals surface area contributed by atoms with Gasteiger partial charge in [-0.3, -0.25) is 4.79 Å². The predicted molar refractivity (Wildman–Crippen MR) is 98.5 cm³/mol. The first kappa shape index (κ1) is 18.7. The van der Waals surface area contributed by atoms with Gasteiger partial charge in [0.2, 0.25) is 5.91 Å². The lowest BCUT2D eigenvalue weighted by Crippen LogP contribution is -2.26. The van der Waals surface area contributed by atoms with Gasteiger partial charge in [0.15, 0.2) is 11.5 Å². The summed E-state index contributed by atoms with van der Waals surface area (Å²) in [6, 6.07) is 12.9. The van der Waals surface area contributed by atoms with Crippen molar-refractivity contribution in [1.29, 1.82) is 0 Å². The fourth-order valence-corrected chi connectivity index (χ4v) is 2.42. The SMILES string of the molecule is COc1cc(/C=C/C(=O)NCCOc2ccccc2)cc(Cl)c1OC. The van der Waals surface area contributed by atoms with Crippen LogP contribution >= 0.6 is 11.6 Å². The van der Waals surface area contributed by atoms with Crippen LogP contribution in [0.4, 0.5) is 0 Å². The van der Waals surface area contributed by atoms with Gasteiger partial charge in [-0.2, -0.15) is 0 Å². The van der Waals surface area contributed by atoms with Crippen LogP contribution in [0.1, 0.15) is 5.56 Å². The fourth-order valence-electron chi connectivity index (χ4n) is 2.12. The summed E-state index contributed by atoms with van der Waals surface area (Å²) in [7, 11) is 3.05. The number of nitrogens with one attached hydrogen (secondary N) is 1. The normalized spacial score (nSPS) is 10.5. The van der Waals surface area contributed by atoms with Crippen molar-refractivity contribution in [3.05, 3.63) is 59.1 Å². The number of methoxy groups -OCH3 is 2. The summed E-state index contributed by atoms with van der Waals surface area (Å²) in [5, 5.41) is 3.16. The van der Waals surface area contributed by atoms with Crippen molar-refractivity contribution in [2.24, 2.45) is 0 Å². The fraction of sp³-hybridized carbons (Fsp3) is 0.211. The molecule has 0 aliphatic heterocycles. The highest BCUT2D eigenvalue weighted by molar-refractivity contribution is 6.32. The number of amides is 1. The molecule has 5 nitrogen and oxygen atoms in total. The quantitative estimate of drug-likeness (QED) is 0.577. The van der Waals surface area contributed by atoms with Crippen LogP contribution in [0.15, 0.2) is 48.5 Å². The van der Waals surface area contributed by atoms with Crippen LogP contribution in [0.25, 0.3) is 6.08 Å². The molecule has 6 heteroatoms. The molecular formula is C19H20ClNO4. The molecule has 0 unspecified atom stereocenters. The second kappa shape index (κ2) is 9.59.